The van der Waals surface area contributed by atoms with E-state index in [-0.39, 0.29) is 30.3 Å². The number of benzene rings is 1. The van der Waals surface area contributed by atoms with E-state index in [1.807, 2.05) is 17.0 Å². The molecule has 2 fully saturated rings. The number of aryl methyl sites for hydroxylation is 2. The highest BCUT2D eigenvalue weighted by molar-refractivity contribution is 7.89. The van der Waals surface area contributed by atoms with Crippen molar-refractivity contribution in [3.63, 3.8) is 0 Å². The molecule has 0 saturated carbocycles. The van der Waals surface area contributed by atoms with E-state index in [0.29, 0.717) is 37.4 Å². The zero-order valence-electron chi connectivity index (χ0n) is 16.2. The van der Waals surface area contributed by atoms with Gasteiger partial charge in [0.25, 0.3) is 0 Å². The van der Waals surface area contributed by atoms with Gasteiger partial charge >= 0.3 is 0 Å². The molecule has 156 valence electrons. The van der Waals surface area contributed by atoms with Gasteiger partial charge < -0.3 is 10.6 Å². The predicted octanol–water partition coefficient (Wildman–Crippen LogP) is 1.95. The second-order valence-electron chi connectivity index (χ2n) is 8.03. The van der Waals surface area contributed by atoms with Gasteiger partial charge in [-0.25, -0.2) is 8.42 Å². The molecule has 1 atom stereocenters. The Labute approximate surface area is 173 Å². The monoisotopic (exact) mass is 427 g/mol. The van der Waals surface area contributed by atoms with Crippen LogP contribution in [-0.2, 0) is 27.7 Å². The standard InChI is InChI=1S/C20H29N3O3S.ClH/c21-14-18-5-2-10-23(18)20(24)16-8-11-22(12-9-16)27(25,26)19-7-6-15-3-1-4-17(15)13-19;/h6-7,13,16,18H,1-5,8-12,14,21H2;1H. The second kappa shape index (κ2) is 8.69. The van der Waals surface area contributed by atoms with Gasteiger partial charge in [-0.2, -0.15) is 4.31 Å². The minimum Gasteiger partial charge on any atom is -0.338 e. The van der Waals surface area contributed by atoms with Crippen LogP contribution in [-0.4, -0.2) is 55.8 Å². The third kappa shape index (κ3) is 3.95. The van der Waals surface area contributed by atoms with Gasteiger partial charge in [-0.1, -0.05) is 6.07 Å². The molecule has 0 radical (unpaired) electrons. The minimum atomic E-state index is -3.48. The Kier molecular flexibility index (Phi) is 6.69. The highest BCUT2D eigenvalue weighted by Crippen LogP contribution is 2.30. The molecule has 2 saturated heterocycles. The van der Waals surface area contributed by atoms with E-state index in [1.54, 1.807) is 10.4 Å². The molecule has 6 nitrogen and oxygen atoms in total. The van der Waals surface area contributed by atoms with Gasteiger partial charge in [0.05, 0.1) is 4.90 Å². The molecule has 0 bridgehead atoms. The summed E-state index contributed by atoms with van der Waals surface area (Å²) >= 11 is 0. The van der Waals surface area contributed by atoms with E-state index in [9.17, 15) is 13.2 Å². The Morgan fingerprint density at radius 1 is 1.04 bits per heavy atom. The number of hydrogen-bond donors (Lipinski definition) is 1. The quantitative estimate of drug-likeness (QED) is 0.795. The molecule has 8 heteroatoms. The fourth-order valence-electron chi connectivity index (χ4n) is 4.81. The molecule has 1 aliphatic carbocycles. The number of carbonyl (C=O) groups is 1. The van der Waals surface area contributed by atoms with Crippen molar-refractivity contribution in [2.75, 3.05) is 26.2 Å². The van der Waals surface area contributed by atoms with Crippen LogP contribution >= 0.6 is 12.4 Å². The molecule has 4 rings (SSSR count). The zero-order valence-corrected chi connectivity index (χ0v) is 17.8. The molecular formula is C20H30ClN3O3S. The second-order valence-corrected chi connectivity index (χ2v) is 9.96. The Morgan fingerprint density at radius 2 is 1.75 bits per heavy atom. The van der Waals surface area contributed by atoms with Crippen molar-refractivity contribution < 1.29 is 13.2 Å². The summed E-state index contributed by atoms with van der Waals surface area (Å²) in [6.07, 6.45) is 6.30. The van der Waals surface area contributed by atoms with Gasteiger partial charge in [-0.3, -0.25) is 4.79 Å². The number of piperidine rings is 1. The molecule has 28 heavy (non-hydrogen) atoms. The van der Waals surface area contributed by atoms with Crippen LogP contribution in [0.3, 0.4) is 0 Å². The summed E-state index contributed by atoms with van der Waals surface area (Å²) in [5, 5.41) is 0. The summed E-state index contributed by atoms with van der Waals surface area (Å²) < 4.78 is 27.6. The lowest BCUT2D eigenvalue weighted by atomic mass is 9.96. The van der Waals surface area contributed by atoms with Crippen molar-refractivity contribution in [1.82, 2.24) is 9.21 Å². The van der Waals surface area contributed by atoms with Crippen molar-refractivity contribution in [3.05, 3.63) is 29.3 Å². The average molecular weight is 428 g/mol. The Bertz CT molecular complexity index is 822. The zero-order chi connectivity index (χ0) is 19.0. The van der Waals surface area contributed by atoms with Crippen LogP contribution < -0.4 is 5.73 Å². The van der Waals surface area contributed by atoms with Crippen molar-refractivity contribution >= 4 is 28.3 Å². The largest absolute Gasteiger partial charge is 0.338 e. The Balaban J connectivity index is 0.00000225. The SMILES string of the molecule is Cl.NCC1CCCN1C(=O)C1CCN(S(=O)(=O)c2ccc3c(c2)CCC3)CC1. The molecule has 1 unspecified atom stereocenters. The molecule has 1 aromatic carbocycles. The maximum Gasteiger partial charge on any atom is 0.243 e. The van der Waals surface area contributed by atoms with E-state index in [1.165, 1.54) is 11.1 Å². The van der Waals surface area contributed by atoms with Crippen molar-refractivity contribution in [2.45, 2.75) is 55.9 Å². The minimum absolute atomic E-state index is 0. The van der Waals surface area contributed by atoms with E-state index < -0.39 is 10.0 Å². The number of rotatable bonds is 4. The molecule has 2 N–H and O–H groups in total. The Hall–Kier alpha value is -1.15. The first kappa shape index (κ1) is 21.6. The van der Waals surface area contributed by atoms with Crippen LogP contribution in [0.15, 0.2) is 23.1 Å². The fourth-order valence-corrected chi connectivity index (χ4v) is 6.33. The lowest BCUT2D eigenvalue weighted by Crippen LogP contribution is -2.47. The lowest BCUT2D eigenvalue weighted by Gasteiger charge is -2.34. The van der Waals surface area contributed by atoms with E-state index >= 15 is 0 Å². The lowest BCUT2D eigenvalue weighted by molar-refractivity contribution is -0.137. The first-order chi connectivity index (χ1) is 13.0. The van der Waals surface area contributed by atoms with Gasteiger partial charge in [-0.15, -0.1) is 12.4 Å². The molecule has 2 heterocycles. The normalized spacial score (nSPS) is 23.5. The number of sulfonamides is 1. The fraction of sp³-hybridized carbons (Fsp3) is 0.650. The number of nitrogens with two attached hydrogens (primary N) is 1. The molecule has 1 aromatic rings. The van der Waals surface area contributed by atoms with E-state index in [2.05, 4.69) is 0 Å². The van der Waals surface area contributed by atoms with Crippen molar-refractivity contribution in [1.29, 1.82) is 0 Å². The van der Waals surface area contributed by atoms with E-state index in [0.717, 1.165) is 38.6 Å². The maximum atomic E-state index is 13.0. The first-order valence-electron chi connectivity index (χ1n) is 10.1. The number of halogens is 1. The van der Waals surface area contributed by atoms with Crippen LogP contribution in [0.4, 0.5) is 0 Å². The van der Waals surface area contributed by atoms with Crippen LogP contribution in [0.2, 0.25) is 0 Å². The van der Waals surface area contributed by atoms with E-state index in [4.69, 9.17) is 5.73 Å². The number of amides is 1. The van der Waals surface area contributed by atoms with Gasteiger partial charge in [0.15, 0.2) is 0 Å². The first-order valence-corrected chi connectivity index (χ1v) is 11.6. The number of nitrogens with zero attached hydrogens (tertiary/aromatic N) is 2. The smallest absolute Gasteiger partial charge is 0.243 e. The highest BCUT2D eigenvalue weighted by atomic mass is 35.5. The van der Waals surface area contributed by atoms with Crippen LogP contribution in [0.25, 0.3) is 0 Å². The molecular weight excluding hydrogens is 398 g/mol. The molecule has 1 amide bonds. The molecule has 0 aromatic heterocycles. The Morgan fingerprint density at radius 3 is 2.46 bits per heavy atom. The summed E-state index contributed by atoms with van der Waals surface area (Å²) in [5.74, 6) is 0.0844. The summed E-state index contributed by atoms with van der Waals surface area (Å²) in [6, 6.07) is 5.72. The number of carbonyl (C=O) groups excluding carboxylic acids is 1. The number of fused-ring (bicyclic) bond motifs is 1. The molecule has 0 spiro atoms. The van der Waals surface area contributed by atoms with Gasteiger partial charge in [0.2, 0.25) is 15.9 Å². The highest BCUT2D eigenvalue weighted by Gasteiger charge is 2.37. The topological polar surface area (TPSA) is 83.7 Å². The number of hydrogen-bond acceptors (Lipinski definition) is 4. The van der Waals surface area contributed by atoms with Crippen LogP contribution in [0.1, 0.15) is 43.2 Å². The average Bonchev–Trinajstić information content (AvgIpc) is 3.35. The van der Waals surface area contributed by atoms with Crippen molar-refractivity contribution in [3.8, 4) is 0 Å². The van der Waals surface area contributed by atoms with Gasteiger partial charge in [0, 0.05) is 38.1 Å². The number of likely N-dealkylation sites (tertiary alicyclic amines) is 1. The predicted molar refractivity (Wildman–Crippen MR) is 111 cm³/mol. The van der Waals surface area contributed by atoms with Crippen LogP contribution in [0, 0.1) is 5.92 Å². The van der Waals surface area contributed by atoms with Gasteiger partial charge in [0.1, 0.15) is 0 Å². The summed E-state index contributed by atoms with van der Waals surface area (Å²) in [5.41, 5.74) is 8.24. The molecule has 2 aliphatic heterocycles. The third-order valence-corrected chi connectivity index (χ3v) is 8.34. The summed E-state index contributed by atoms with van der Waals surface area (Å²) in [4.78, 5) is 15.2. The third-order valence-electron chi connectivity index (χ3n) is 6.44. The summed E-state index contributed by atoms with van der Waals surface area (Å²) in [7, 11) is -3.48. The molecule has 3 aliphatic rings. The van der Waals surface area contributed by atoms with Crippen LogP contribution in [0.5, 0.6) is 0 Å². The van der Waals surface area contributed by atoms with Gasteiger partial charge in [-0.05, 0) is 68.2 Å². The summed E-state index contributed by atoms with van der Waals surface area (Å²) in [6.45, 7) is 2.12. The van der Waals surface area contributed by atoms with Crippen molar-refractivity contribution in [2.24, 2.45) is 11.7 Å². The maximum absolute atomic E-state index is 13.0.